The second-order valence-electron chi connectivity index (χ2n) is 5.27. The summed E-state index contributed by atoms with van der Waals surface area (Å²) in [5, 5.41) is 16.5. The number of sulfone groups is 1. The van der Waals surface area contributed by atoms with E-state index in [2.05, 4.69) is 10.6 Å². The van der Waals surface area contributed by atoms with E-state index in [1.165, 1.54) is 30.5 Å². The molecule has 1 aromatic carbocycles. The molecule has 2 rings (SSSR count). The predicted molar refractivity (Wildman–Crippen MR) is 95.4 cm³/mol. The van der Waals surface area contributed by atoms with Crippen LogP contribution in [0.25, 0.3) is 6.08 Å². The SMILES string of the molecule is CS(=O)(=O)c1ccc(NCCNC(=O)/C=C/c2ccco2)c([N+](=O)[O-])c1. The van der Waals surface area contributed by atoms with Gasteiger partial charge in [0.15, 0.2) is 9.84 Å². The number of hydrogen-bond donors (Lipinski definition) is 2. The van der Waals surface area contributed by atoms with Gasteiger partial charge in [-0.3, -0.25) is 14.9 Å². The van der Waals surface area contributed by atoms with Crippen LogP contribution in [0.4, 0.5) is 11.4 Å². The van der Waals surface area contributed by atoms with Crippen LogP contribution in [0.2, 0.25) is 0 Å². The number of nitro benzene ring substituents is 1. The molecule has 0 aliphatic carbocycles. The first-order valence-corrected chi connectivity index (χ1v) is 9.38. The van der Waals surface area contributed by atoms with Crippen LogP contribution >= 0.6 is 0 Å². The molecule has 1 aromatic heterocycles. The van der Waals surface area contributed by atoms with Crippen molar-refractivity contribution in [1.82, 2.24) is 5.32 Å². The fourth-order valence-corrected chi connectivity index (χ4v) is 2.67. The van der Waals surface area contributed by atoms with Gasteiger partial charge < -0.3 is 15.1 Å². The number of hydrogen-bond acceptors (Lipinski definition) is 7. The number of amides is 1. The van der Waals surface area contributed by atoms with E-state index >= 15 is 0 Å². The highest BCUT2D eigenvalue weighted by Crippen LogP contribution is 2.27. The number of furan rings is 1. The number of nitro groups is 1. The summed E-state index contributed by atoms with van der Waals surface area (Å²) in [4.78, 5) is 22.0. The van der Waals surface area contributed by atoms with E-state index in [4.69, 9.17) is 4.42 Å². The number of nitrogens with zero attached hydrogens (tertiary/aromatic N) is 1. The Morgan fingerprint density at radius 3 is 2.69 bits per heavy atom. The molecule has 0 bridgehead atoms. The Hall–Kier alpha value is -3.14. The van der Waals surface area contributed by atoms with Crippen LogP contribution in [-0.4, -0.2) is 38.6 Å². The van der Waals surface area contributed by atoms with Crippen LogP contribution < -0.4 is 10.6 Å². The van der Waals surface area contributed by atoms with Crippen LogP contribution in [0.15, 0.2) is 52.0 Å². The summed E-state index contributed by atoms with van der Waals surface area (Å²) < 4.78 is 28.0. The maximum Gasteiger partial charge on any atom is 0.293 e. The Morgan fingerprint density at radius 2 is 2.08 bits per heavy atom. The van der Waals surface area contributed by atoms with Crippen molar-refractivity contribution in [2.75, 3.05) is 24.7 Å². The number of nitrogens with one attached hydrogen (secondary N) is 2. The topological polar surface area (TPSA) is 132 Å². The average Bonchev–Trinajstić information content (AvgIpc) is 3.09. The lowest BCUT2D eigenvalue weighted by Gasteiger charge is -2.08. The summed E-state index contributed by atoms with van der Waals surface area (Å²) in [6, 6.07) is 7.01. The summed E-state index contributed by atoms with van der Waals surface area (Å²) in [7, 11) is -3.54. The van der Waals surface area contributed by atoms with E-state index in [-0.39, 0.29) is 35.3 Å². The third-order valence-electron chi connectivity index (χ3n) is 3.28. The minimum atomic E-state index is -3.54. The largest absolute Gasteiger partial charge is 0.465 e. The smallest absolute Gasteiger partial charge is 0.293 e. The third-order valence-corrected chi connectivity index (χ3v) is 4.39. The highest BCUT2D eigenvalue weighted by Gasteiger charge is 2.18. The van der Waals surface area contributed by atoms with Gasteiger partial charge in [-0.1, -0.05) is 0 Å². The highest BCUT2D eigenvalue weighted by molar-refractivity contribution is 7.90. The molecular weight excluding hydrogens is 362 g/mol. The van der Waals surface area contributed by atoms with E-state index in [1.807, 2.05) is 0 Å². The molecule has 26 heavy (non-hydrogen) atoms. The standard InChI is InChI=1S/C16H17N3O6S/c1-26(23,24)13-5-6-14(15(11-13)19(21)22)17-8-9-18-16(20)7-4-12-3-2-10-25-12/h2-7,10-11,17H,8-9H2,1H3,(H,18,20)/b7-4+. The van der Waals surface area contributed by atoms with Crippen molar-refractivity contribution >= 4 is 33.2 Å². The Kier molecular flexibility index (Phi) is 6.12. The first kappa shape index (κ1) is 19.2. The second-order valence-corrected chi connectivity index (χ2v) is 7.29. The second kappa shape index (κ2) is 8.30. The molecule has 10 heteroatoms. The number of carbonyl (C=O) groups excluding carboxylic acids is 1. The molecular formula is C16H17N3O6S. The third kappa shape index (κ3) is 5.45. The van der Waals surface area contributed by atoms with E-state index in [0.717, 1.165) is 12.3 Å². The van der Waals surface area contributed by atoms with Crippen molar-refractivity contribution in [2.45, 2.75) is 4.90 Å². The van der Waals surface area contributed by atoms with E-state index < -0.39 is 14.8 Å². The Labute approximate surface area is 149 Å². The van der Waals surface area contributed by atoms with Crippen LogP contribution in [0.1, 0.15) is 5.76 Å². The predicted octanol–water partition coefficient (Wildman–Crippen LogP) is 1.83. The summed E-state index contributed by atoms with van der Waals surface area (Å²) >= 11 is 0. The average molecular weight is 379 g/mol. The molecule has 2 N–H and O–H groups in total. The molecule has 0 aliphatic rings. The van der Waals surface area contributed by atoms with E-state index in [0.29, 0.717) is 5.76 Å². The lowest BCUT2D eigenvalue weighted by molar-refractivity contribution is -0.384. The molecule has 9 nitrogen and oxygen atoms in total. The number of anilines is 1. The highest BCUT2D eigenvalue weighted by atomic mass is 32.2. The molecule has 0 radical (unpaired) electrons. The van der Waals surface area contributed by atoms with Crippen LogP contribution in [-0.2, 0) is 14.6 Å². The number of benzene rings is 1. The molecule has 138 valence electrons. The Balaban J connectivity index is 1.91. The van der Waals surface area contributed by atoms with Gasteiger partial charge in [-0.15, -0.1) is 0 Å². The quantitative estimate of drug-likeness (QED) is 0.309. The molecule has 1 heterocycles. The lowest BCUT2D eigenvalue weighted by atomic mass is 10.2. The van der Waals surface area contributed by atoms with Gasteiger partial charge in [-0.25, -0.2) is 8.42 Å². The summed E-state index contributed by atoms with van der Waals surface area (Å²) in [6.07, 6.45) is 5.29. The fraction of sp³-hybridized carbons (Fsp3) is 0.188. The van der Waals surface area contributed by atoms with Gasteiger partial charge in [0, 0.05) is 31.5 Å². The van der Waals surface area contributed by atoms with Crippen molar-refractivity contribution in [3.63, 3.8) is 0 Å². The summed E-state index contributed by atoms with van der Waals surface area (Å²) in [5.74, 6) is 0.199. The Bertz CT molecular complexity index is 919. The molecule has 0 spiro atoms. The maximum absolute atomic E-state index is 11.6. The molecule has 2 aromatic rings. The maximum atomic E-state index is 11.6. The van der Waals surface area contributed by atoms with Crippen molar-refractivity contribution < 1.29 is 22.6 Å². The van der Waals surface area contributed by atoms with Crippen LogP contribution in [0.5, 0.6) is 0 Å². The van der Waals surface area contributed by atoms with Gasteiger partial charge in [-0.2, -0.15) is 0 Å². The molecule has 0 fully saturated rings. The van der Waals surface area contributed by atoms with Crippen molar-refractivity contribution in [3.8, 4) is 0 Å². The zero-order valence-electron chi connectivity index (χ0n) is 13.8. The van der Waals surface area contributed by atoms with Gasteiger partial charge in [0.1, 0.15) is 11.4 Å². The van der Waals surface area contributed by atoms with Gasteiger partial charge in [0.2, 0.25) is 5.91 Å². The number of rotatable bonds is 8. The molecule has 1 amide bonds. The summed E-state index contributed by atoms with van der Waals surface area (Å²) in [5.41, 5.74) is -0.181. The van der Waals surface area contributed by atoms with Gasteiger partial charge in [-0.05, 0) is 30.3 Å². The molecule has 0 saturated heterocycles. The normalized spacial score (nSPS) is 11.4. The van der Waals surface area contributed by atoms with Gasteiger partial charge in [0.05, 0.1) is 16.1 Å². The molecule has 0 unspecified atom stereocenters. The van der Waals surface area contributed by atoms with Crippen LogP contribution in [0, 0.1) is 10.1 Å². The minimum Gasteiger partial charge on any atom is -0.465 e. The molecule has 0 aliphatic heterocycles. The molecule has 0 saturated carbocycles. The lowest BCUT2D eigenvalue weighted by Crippen LogP contribution is -2.27. The zero-order valence-corrected chi connectivity index (χ0v) is 14.7. The van der Waals surface area contributed by atoms with E-state index in [1.54, 1.807) is 12.1 Å². The zero-order chi connectivity index (χ0) is 19.2. The summed E-state index contributed by atoms with van der Waals surface area (Å²) in [6.45, 7) is 0.436. The first-order valence-electron chi connectivity index (χ1n) is 7.49. The van der Waals surface area contributed by atoms with Gasteiger partial charge >= 0.3 is 0 Å². The monoisotopic (exact) mass is 379 g/mol. The van der Waals surface area contributed by atoms with E-state index in [9.17, 15) is 23.3 Å². The van der Waals surface area contributed by atoms with Crippen LogP contribution in [0.3, 0.4) is 0 Å². The van der Waals surface area contributed by atoms with Gasteiger partial charge in [0.25, 0.3) is 5.69 Å². The van der Waals surface area contributed by atoms with Crippen molar-refractivity contribution in [3.05, 3.63) is 58.5 Å². The Morgan fingerprint density at radius 1 is 1.31 bits per heavy atom. The molecule has 0 atom stereocenters. The minimum absolute atomic E-state index is 0.133. The van der Waals surface area contributed by atoms with Crippen molar-refractivity contribution in [1.29, 1.82) is 0 Å². The number of carbonyl (C=O) groups is 1. The fourth-order valence-electron chi connectivity index (χ4n) is 2.03. The first-order chi connectivity index (χ1) is 12.3. The van der Waals surface area contributed by atoms with Crippen molar-refractivity contribution in [2.24, 2.45) is 0 Å².